The van der Waals surface area contributed by atoms with Crippen LogP contribution in [0, 0.1) is 0 Å². The van der Waals surface area contributed by atoms with Crippen LogP contribution in [0.4, 0.5) is 5.82 Å². The van der Waals surface area contributed by atoms with Crippen LogP contribution in [0.5, 0.6) is 5.75 Å². The molecule has 0 aliphatic heterocycles. The first kappa shape index (κ1) is 19.5. The number of carbonyl (C=O) groups is 3. The molecular weight excluding hydrogens is 360 g/mol. The summed E-state index contributed by atoms with van der Waals surface area (Å²) in [5, 5.41) is 18.9. The molecule has 10 nitrogen and oxygen atoms in total. The molecule has 1 aromatic heterocycles. The number of aromatic carboxylic acids is 2. The average Bonchev–Trinajstić information content (AvgIpc) is 2.58. The predicted octanol–water partition coefficient (Wildman–Crippen LogP) is 1.09. The van der Waals surface area contributed by atoms with Crippen molar-refractivity contribution in [2.75, 3.05) is 12.8 Å². The van der Waals surface area contributed by atoms with Crippen molar-refractivity contribution in [1.29, 1.82) is 0 Å². The van der Waals surface area contributed by atoms with Crippen LogP contribution in [-0.2, 0) is 16.1 Å². The van der Waals surface area contributed by atoms with Gasteiger partial charge in [-0.2, -0.15) is 0 Å². The van der Waals surface area contributed by atoms with Gasteiger partial charge in [0, 0.05) is 18.1 Å². The second-order valence-corrected chi connectivity index (χ2v) is 5.41. The van der Waals surface area contributed by atoms with Crippen molar-refractivity contribution < 1.29 is 34.1 Å². The number of aromatic amines is 1. The molecule has 2 aromatic rings. The van der Waals surface area contributed by atoms with Gasteiger partial charge in [0.05, 0.1) is 7.11 Å². The Balaban J connectivity index is 2.82. The number of hydrogen-bond donors (Lipinski definition) is 4. The van der Waals surface area contributed by atoms with Gasteiger partial charge in [0.1, 0.15) is 29.3 Å². The van der Waals surface area contributed by atoms with E-state index in [2.05, 4.69) is 0 Å². The number of methoxy groups -OCH3 is 1. The van der Waals surface area contributed by atoms with Crippen LogP contribution in [0.15, 0.2) is 23.0 Å². The Labute approximate surface area is 152 Å². The first-order valence-corrected chi connectivity index (χ1v) is 7.50. The summed E-state index contributed by atoms with van der Waals surface area (Å²) in [7, 11) is 1.38. The fraction of sp³-hybridized carbons (Fsp3) is 0.176. The number of anilines is 1. The summed E-state index contributed by atoms with van der Waals surface area (Å²) < 4.78 is 10.1. The van der Waals surface area contributed by atoms with Crippen LogP contribution in [0.25, 0.3) is 11.1 Å². The van der Waals surface area contributed by atoms with Crippen molar-refractivity contribution in [3.8, 4) is 16.9 Å². The number of H-pyrrole nitrogens is 1. The molecule has 0 saturated carbocycles. The molecule has 5 N–H and O–H groups in total. The Hall–Kier alpha value is -3.82. The van der Waals surface area contributed by atoms with E-state index >= 15 is 0 Å². The summed E-state index contributed by atoms with van der Waals surface area (Å²) in [6, 6.07) is 4.18. The minimum absolute atomic E-state index is 0.0885. The number of carboxylic acid groups (broad SMARTS) is 2. The Morgan fingerprint density at radius 1 is 1.15 bits per heavy atom. The molecule has 0 spiro atoms. The van der Waals surface area contributed by atoms with Crippen LogP contribution >= 0.6 is 0 Å². The molecule has 0 bridgehead atoms. The molecule has 1 heterocycles. The Morgan fingerprint density at radius 2 is 1.78 bits per heavy atom. The molecule has 0 atom stereocenters. The fourth-order valence-corrected chi connectivity index (χ4v) is 2.56. The lowest BCUT2D eigenvalue weighted by Crippen LogP contribution is -2.24. The molecule has 142 valence electrons. The monoisotopic (exact) mass is 376 g/mol. The molecule has 0 amide bonds. The van der Waals surface area contributed by atoms with Gasteiger partial charge < -0.3 is 30.4 Å². The number of benzene rings is 1. The number of carboxylic acids is 2. The quantitative estimate of drug-likeness (QED) is 0.539. The van der Waals surface area contributed by atoms with E-state index in [1.54, 1.807) is 0 Å². The van der Waals surface area contributed by atoms with Crippen molar-refractivity contribution in [2.45, 2.75) is 13.5 Å². The number of esters is 1. The average molecular weight is 376 g/mol. The topological polar surface area (TPSA) is 169 Å². The summed E-state index contributed by atoms with van der Waals surface area (Å²) in [4.78, 5) is 48.4. The SMILES string of the molecule is COc1ccc(-c2c(C(=O)O)c(N)[nH]c(=O)c2C(=O)O)cc1COC(C)=O. The third kappa shape index (κ3) is 3.89. The fourth-order valence-electron chi connectivity index (χ4n) is 2.56. The van der Waals surface area contributed by atoms with Crippen LogP contribution in [0.2, 0.25) is 0 Å². The maximum absolute atomic E-state index is 12.1. The molecular formula is C17H16N2O8. The molecule has 1 aromatic carbocycles. The van der Waals surface area contributed by atoms with Crippen molar-refractivity contribution in [3.05, 3.63) is 45.2 Å². The lowest BCUT2D eigenvalue weighted by Gasteiger charge is -2.15. The van der Waals surface area contributed by atoms with Crippen LogP contribution in [-0.4, -0.2) is 40.2 Å². The van der Waals surface area contributed by atoms with Gasteiger partial charge in [0.25, 0.3) is 5.56 Å². The largest absolute Gasteiger partial charge is 0.496 e. The third-order valence-electron chi connectivity index (χ3n) is 3.67. The molecule has 10 heteroatoms. The molecule has 0 aliphatic carbocycles. The first-order chi connectivity index (χ1) is 12.7. The van der Waals surface area contributed by atoms with Gasteiger partial charge in [-0.1, -0.05) is 6.07 Å². The van der Waals surface area contributed by atoms with Crippen molar-refractivity contribution >= 4 is 23.7 Å². The molecule has 27 heavy (non-hydrogen) atoms. The number of aromatic nitrogens is 1. The van der Waals surface area contributed by atoms with E-state index in [0.717, 1.165) is 0 Å². The summed E-state index contributed by atoms with van der Waals surface area (Å²) in [5.74, 6) is -3.85. The van der Waals surface area contributed by atoms with Gasteiger partial charge >= 0.3 is 17.9 Å². The zero-order chi connectivity index (χ0) is 20.3. The Bertz CT molecular complexity index is 993. The smallest absolute Gasteiger partial charge is 0.342 e. The zero-order valence-electron chi connectivity index (χ0n) is 14.4. The highest BCUT2D eigenvalue weighted by Crippen LogP contribution is 2.32. The van der Waals surface area contributed by atoms with E-state index in [0.29, 0.717) is 11.3 Å². The van der Waals surface area contributed by atoms with Crippen LogP contribution < -0.4 is 16.0 Å². The standard InChI is InChI=1S/C17H16N2O8/c1-7(20)27-6-9-5-8(3-4-10(9)26-2)11-12(16(22)23)14(18)19-15(21)13(11)17(24)25/h3-5H,6H2,1-2H3,(H,22,23)(H,24,25)(H3,18,19,21). The van der Waals surface area contributed by atoms with E-state index in [1.807, 2.05) is 4.98 Å². The number of carbonyl (C=O) groups excluding carboxylic acids is 1. The highest BCUT2D eigenvalue weighted by atomic mass is 16.5. The highest BCUT2D eigenvalue weighted by Gasteiger charge is 2.27. The van der Waals surface area contributed by atoms with E-state index in [4.69, 9.17) is 15.2 Å². The van der Waals surface area contributed by atoms with Gasteiger partial charge in [-0.05, 0) is 17.7 Å². The number of hydrogen-bond acceptors (Lipinski definition) is 7. The van der Waals surface area contributed by atoms with E-state index in [9.17, 15) is 29.4 Å². The molecule has 2 rings (SSSR count). The number of ether oxygens (including phenoxy) is 2. The molecule has 0 radical (unpaired) electrons. The van der Waals surface area contributed by atoms with E-state index < -0.39 is 40.4 Å². The van der Waals surface area contributed by atoms with Gasteiger partial charge in [0.15, 0.2) is 0 Å². The molecule has 0 aliphatic rings. The number of rotatable bonds is 6. The van der Waals surface area contributed by atoms with Gasteiger partial charge in [0.2, 0.25) is 0 Å². The lowest BCUT2D eigenvalue weighted by molar-refractivity contribution is -0.142. The van der Waals surface area contributed by atoms with Crippen molar-refractivity contribution in [3.63, 3.8) is 0 Å². The Kier molecular flexibility index (Phi) is 5.49. The van der Waals surface area contributed by atoms with Crippen molar-refractivity contribution in [2.24, 2.45) is 0 Å². The number of nitrogens with one attached hydrogen (secondary N) is 1. The van der Waals surface area contributed by atoms with Gasteiger partial charge in [-0.25, -0.2) is 9.59 Å². The number of nitrogen functional groups attached to an aromatic ring is 1. The number of pyridine rings is 1. The second kappa shape index (κ2) is 7.60. The predicted molar refractivity (Wildman–Crippen MR) is 92.9 cm³/mol. The van der Waals surface area contributed by atoms with E-state index in [-0.39, 0.29) is 17.7 Å². The first-order valence-electron chi connectivity index (χ1n) is 7.50. The van der Waals surface area contributed by atoms with Gasteiger partial charge in [-0.15, -0.1) is 0 Å². The summed E-state index contributed by atoms with van der Waals surface area (Å²) in [6.07, 6.45) is 0. The molecule has 0 unspecified atom stereocenters. The third-order valence-corrected chi connectivity index (χ3v) is 3.67. The number of nitrogens with two attached hydrogens (primary N) is 1. The van der Waals surface area contributed by atoms with E-state index in [1.165, 1.54) is 32.2 Å². The van der Waals surface area contributed by atoms with Gasteiger partial charge in [-0.3, -0.25) is 9.59 Å². The maximum Gasteiger partial charge on any atom is 0.342 e. The zero-order valence-corrected chi connectivity index (χ0v) is 14.4. The summed E-state index contributed by atoms with van der Waals surface area (Å²) in [5.41, 5.74) is 3.30. The minimum Gasteiger partial charge on any atom is -0.496 e. The normalized spacial score (nSPS) is 10.3. The summed E-state index contributed by atoms with van der Waals surface area (Å²) >= 11 is 0. The van der Waals surface area contributed by atoms with Crippen LogP contribution in [0.1, 0.15) is 33.2 Å². The maximum atomic E-state index is 12.1. The summed E-state index contributed by atoms with van der Waals surface area (Å²) in [6.45, 7) is 1.01. The Morgan fingerprint density at radius 3 is 2.30 bits per heavy atom. The minimum atomic E-state index is -1.62. The van der Waals surface area contributed by atoms with Crippen molar-refractivity contribution in [1.82, 2.24) is 4.98 Å². The second-order valence-electron chi connectivity index (χ2n) is 5.41. The molecule has 0 fully saturated rings. The molecule has 0 saturated heterocycles. The lowest BCUT2D eigenvalue weighted by atomic mass is 9.94. The van der Waals surface area contributed by atoms with Crippen LogP contribution in [0.3, 0.4) is 0 Å². The highest BCUT2D eigenvalue weighted by molar-refractivity contribution is 6.07.